The van der Waals surface area contributed by atoms with Gasteiger partial charge in [-0.05, 0) is 55.4 Å². The molecule has 0 spiro atoms. The molecule has 134 valence electrons. The Hall–Kier alpha value is -2.30. The van der Waals surface area contributed by atoms with Gasteiger partial charge in [0.1, 0.15) is 5.75 Å². The highest BCUT2D eigenvalue weighted by atomic mass is 16.5. The molecule has 2 amide bonds. The van der Waals surface area contributed by atoms with Crippen LogP contribution >= 0.6 is 0 Å². The van der Waals surface area contributed by atoms with Gasteiger partial charge in [-0.1, -0.05) is 25.0 Å². The first kappa shape index (κ1) is 17.5. The number of ether oxygens (including phenoxy) is 1. The summed E-state index contributed by atoms with van der Waals surface area (Å²) in [7, 11) is 0. The maximum Gasteiger partial charge on any atom is 0.255 e. The molecule has 2 N–H and O–H groups in total. The average molecular weight is 342 g/mol. The van der Waals surface area contributed by atoms with Crippen LogP contribution in [0.2, 0.25) is 0 Å². The normalized spacial score (nSPS) is 21.1. The first-order valence-electron chi connectivity index (χ1n) is 9.13. The van der Waals surface area contributed by atoms with Gasteiger partial charge >= 0.3 is 0 Å². The molecule has 1 saturated heterocycles. The fraction of sp³-hybridized carbons (Fsp3) is 0.500. The molecule has 1 aliphatic heterocycles. The second kappa shape index (κ2) is 8.19. The molecule has 1 atom stereocenters. The number of carbonyl (C=O) groups is 2. The van der Waals surface area contributed by atoms with Gasteiger partial charge in [0, 0.05) is 18.7 Å². The lowest BCUT2D eigenvalue weighted by Gasteiger charge is -2.28. The molecule has 5 heteroatoms. The Kier molecular flexibility index (Phi) is 5.74. The summed E-state index contributed by atoms with van der Waals surface area (Å²) in [5, 5.41) is 0. The van der Waals surface area contributed by atoms with Crippen LogP contribution in [0.1, 0.15) is 44.1 Å². The van der Waals surface area contributed by atoms with E-state index in [1.807, 2.05) is 18.2 Å². The fourth-order valence-corrected chi connectivity index (χ4v) is 3.99. The molecule has 5 nitrogen and oxygen atoms in total. The summed E-state index contributed by atoms with van der Waals surface area (Å²) in [5.74, 6) is 0.894. The molecule has 25 heavy (non-hydrogen) atoms. The first-order chi connectivity index (χ1) is 12.1. The van der Waals surface area contributed by atoms with Crippen LogP contribution in [0.4, 0.5) is 0 Å². The summed E-state index contributed by atoms with van der Waals surface area (Å²) in [6.45, 7) is 0.745. The summed E-state index contributed by atoms with van der Waals surface area (Å²) in [4.78, 5) is 25.4. The van der Waals surface area contributed by atoms with E-state index in [2.05, 4.69) is 4.90 Å². The number of hydrogen-bond donors (Lipinski definition) is 1. The van der Waals surface area contributed by atoms with Gasteiger partial charge in [-0.25, -0.2) is 0 Å². The zero-order valence-corrected chi connectivity index (χ0v) is 14.5. The standard InChI is InChI=1S/C20H26N2O3/c21-19(23)14-25-17-10-7-15(8-11-17)9-12-20(24)22-13-3-6-18(22)16-4-1-2-5-16/h7-12,16,18H,1-6,13-14H2,(H2,21,23)/b12-9+/t18-/m0/s1. The third-order valence-corrected chi connectivity index (χ3v) is 5.21. The van der Waals surface area contributed by atoms with Crippen LogP contribution in [-0.4, -0.2) is 35.9 Å². The zero-order valence-electron chi connectivity index (χ0n) is 14.5. The van der Waals surface area contributed by atoms with Crippen molar-refractivity contribution in [3.05, 3.63) is 35.9 Å². The highest BCUT2D eigenvalue weighted by Crippen LogP contribution is 2.35. The number of benzene rings is 1. The summed E-state index contributed by atoms with van der Waals surface area (Å²) in [5.41, 5.74) is 5.98. The predicted molar refractivity (Wildman–Crippen MR) is 96.9 cm³/mol. The van der Waals surface area contributed by atoms with E-state index in [4.69, 9.17) is 10.5 Å². The highest BCUT2D eigenvalue weighted by molar-refractivity contribution is 5.92. The number of nitrogens with zero attached hydrogens (tertiary/aromatic N) is 1. The lowest BCUT2D eigenvalue weighted by molar-refractivity contribution is -0.127. The van der Waals surface area contributed by atoms with E-state index in [0.717, 1.165) is 24.9 Å². The van der Waals surface area contributed by atoms with Crippen molar-refractivity contribution in [3.8, 4) is 5.75 Å². The topological polar surface area (TPSA) is 72.6 Å². The minimum atomic E-state index is -0.503. The van der Waals surface area contributed by atoms with E-state index >= 15 is 0 Å². The molecule has 3 rings (SSSR count). The molecule has 0 radical (unpaired) electrons. The van der Waals surface area contributed by atoms with Gasteiger partial charge in [0.2, 0.25) is 5.91 Å². The minimum Gasteiger partial charge on any atom is -0.484 e. The van der Waals surface area contributed by atoms with Crippen molar-refractivity contribution < 1.29 is 14.3 Å². The van der Waals surface area contributed by atoms with Crippen LogP contribution in [0.15, 0.2) is 30.3 Å². The van der Waals surface area contributed by atoms with Crippen LogP contribution in [0.5, 0.6) is 5.75 Å². The van der Waals surface area contributed by atoms with E-state index in [9.17, 15) is 9.59 Å². The maximum absolute atomic E-state index is 12.6. The van der Waals surface area contributed by atoms with E-state index < -0.39 is 5.91 Å². The molecule has 1 saturated carbocycles. The molecular formula is C20H26N2O3. The molecule has 0 aromatic heterocycles. The molecular weight excluding hydrogens is 316 g/mol. The lowest BCUT2D eigenvalue weighted by Crippen LogP contribution is -2.38. The molecule has 1 aliphatic carbocycles. The van der Waals surface area contributed by atoms with Crippen molar-refractivity contribution in [3.63, 3.8) is 0 Å². The number of primary amides is 1. The van der Waals surface area contributed by atoms with Crippen LogP contribution in [0.25, 0.3) is 6.08 Å². The number of rotatable bonds is 6. The van der Waals surface area contributed by atoms with Gasteiger partial charge < -0.3 is 15.4 Å². The third-order valence-electron chi connectivity index (χ3n) is 5.21. The monoisotopic (exact) mass is 342 g/mol. The number of carbonyl (C=O) groups excluding carboxylic acids is 2. The Bertz CT molecular complexity index is 633. The summed E-state index contributed by atoms with van der Waals surface area (Å²) < 4.78 is 5.23. The zero-order chi connectivity index (χ0) is 17.6. The Morgan fingerprint density at radius 2 is 1.84 bits per heavy atom. The van der Waals surface area contributed by atoms with Crippen LogP contribution in [-0.2, 0) is 9.59 Å². The van der Waals surface area contributed by atoms with Crippen LogP contribution < -0.4 is 10.5 Å². The minimum absolute atomic E-state index is 0.114. The van der Waals surface area contributed by atoms with E-state index in [0.29, 0.717) is 17.7 Å². The lowest BCUT2D eigenvalue weighted by atomic mass is 9.96. The van der Waals surface area contributed by atoms with Crippen molar-refractivity contribution in [2.45, 2.75) is 44.6 Å². The van der Waals surface area contributed by atoms with Gasteiger partial charge in [-0.2, -0.15) is 0 Å². The van der Waals surface area contributed by atoms with Gasteiger partial charge in [0.15, 0.2) is 6.61 Å². The van der Waals surface area contributed by atoms with Crippen molar-refractivity contribution in [2.75, 3.05) is 13.2 Å². The number of likely N-dealkylation sites (tertiary alicyclic amines) is 1. The Morgan fingerprint density at radius 3 is 2.52 bits per heavy atom. The Balaban J connectivity index is 1.57. The Morgan fingerprint density at radius 1 is 1.12 bits per heavy atom. The molecule has 1 aromatic carbocycles. The maximum atomic E-state index is 12.6. The van der Waals surface area contributed by atoms with Gasteiger partial charge in [0.25, 0.3) is 5.91 Å². The van der Waals surface area contributed by atoms with Gasteiger partial charge in [-0.15, -0.1) is 0 Å². The van der Waals surface area contributed by atoms with Gasteiger partial charge in [0.05, 0.1) is 0 Å². The average Bonchev–Trinajstić information content (AvgIpc) is 3.29. The summed E-state index contributed by atoms with van der Waals surface area (Å²) in [6, 6.07) is 7.69. The first-order valence-corrected chi connectivity index (χ1v) is 9.13. The number of nitrogens with two attached hydrogens (primary N) is 1. The SMILES string of the molecule is NC(=O)COc1ccc(/C=C/C(=O)N2CCC[C@H]2C2CCCC2)cc1. The molecule has 2 aliphatic rings. The highest BCUT2D eigenvalue weighted by Gasteiger charge is 2.34. The predicted octanol–water partition coefficient (Wildman–Crippen LogP) is 2.75. The molecule has 2 fully saturated rings. The van der Waals surface area contributed by atoms with E-state index in [-0.39, 0.29) is 12.5 Å². The quantitative estimate of drug-likeness (QED) is 0.808. The molecule has 0 bridgehead atoms. The van der Waals surface area contributed by atoms with Crippen molar-refractivity contribution >= 4 is 17.9 Å². The van der Waals surface area contributed by atoms with Crippen molar-refractivity contribution in [2.24, 2.45) is 11.7 Å². The van der Waals surface area contributed by atoms with Crippen LogP contribution in [0, 0.1) is 5.92 Å². The largest absolute Gasteiger partial charge is 0.484 e. The molecule has 1 aromatic rings. The van der Waals surface area contributed by atoms with E-state index in [1.54, 1.807) is 18.2 Å². The smallest absolute Gasteiger partial charge is 0.255 e. The van der Waals surface area contributed by atoms with Crippen LogP contribution in [0.3, 0.4) is 0 Å². The second-order valence-electron chi connectivity index (χ2n) is 6.94. The number of amides is 2. The number of hydrogen-bond acceptors (Lipinski definition) is 3. The van der Waals surface area contributed by atoms with Gasteiger partial charge in [-0.3, -0.25) is 9.59 Å². The van der Waals surface area contributed by atoms with Crippen molar-refractivity contribution in [1.29, 1.82) is 0 Å². The molecule has 1 heterocycles. The Labute approximate surface area is 148 Å². The molecule has 0 unspecified atom stereocenters. The second-order valence-corrected chi connectivity index (χ2v) is 6.94. The third kappa shape index (κ3) is 4.62. The summed E-state index contributed by atoms with van der Waals surface area (Å²) in [6.07, 6.45) is 10.9. The fourth-order valence-electron chi connectivity index (χ4n) is 3.99. The summed E-state index contributed by atoms with van der Waals surface area (Å²) >= 11 is 0. The van der Waals surface area contributed by atoms with E-state index in [1.165, 1.54) is 25.7 Å². The van der Waals surface area contributed by atoms with Crippen molar-refractivity contribution in [1.82, 2.24) is 4.90 Å².